The number of hydrogen-bond donors (Lipinski definition) is 2. The van der Waals surface area contributed by atoms with Crippen molar-refractivity contribution in [3.05, 3.63) is 92.4 Å². The maximum atomic E-state index is 13.2. The number of anilines is 2. The number of rotatable bonds is 14. The molecule has 11 heteroatoms. The van der Waals surface area contributed by atoms with Gasteiger partial charge in [-0.3, -0.25) is 18.6 Å². The lowest BCUT2D eigenvalue weighted by atomic mass is 9.95. The lowest BCUT2D eigenvalue weighted by molar-refractivity contribution is -0.141. The average molecular weight is 653 g/mol. The standard InChI is InChI=1S/C29H32BrClNO7P/c1-4-37-40(36,38-5-2)39-29(35)21(14-15-33)16-20-11-7-9-13-26(20)32-22-17-24(30)27(25(31)18-22)28(34)23-12-8-6-10-19(23)3/h6-13,17-18,21,32-33H,4-5,14-16H2,1-3H3. The molecule has 0 spiro atoms. The summed E-state index contributed by atoms with van der Waals surface area (Å²) >= 11 is 10.1. The highest BCUT2D eigenvalue weighted by molar-refractivity contribution is 9.10. The number of aryl methyl sites for hydroxylation is 1. The molecule has 214 valence electrons. The highest BCUT2D eigenvalue weighted by atomic mass is 79.9. The van der Waals surface area contributed by atoms with Crippen LogP contribution in [0, 0.1) is 12.8 Å². The molecule has 0 saturated carbocycles. The van der Waals surface area contributed by atoms with Gasteiger partial charge in [-0.2, -0.15) is 0 Å². The van der Waals surface area contributed by atoms with E-state index in [1.807, 2.05) is 43.3 Å². The van der Waals surface area contributed by atoms with Crippen molar-refractivity contribution in [2.75, 3.05) is 25.1 Å². The third kappa shape index (κ3) is 8.26. The lowest BCUT2D eigenvalue weighted by Crippen LogP contribution is -2.22. The van der Waals surface area contributed by atoms with Gasteiger partial charge in [0.25, 0.3) is 0 Å². The van der Waals surface area contributed by atoms with E-state index in [4.69, 9.17) is 25.2 Å². The van der Waals surface area contributed by atoms with Crippen LogP contribution in [-0.2, 0) is 29.4 Å². The molecule has 8 nitrogen and oxygen atoms in total. The van der Waals surface area contributed by atoms with Crippen molar-refractivity contribution >= 4 is 58.5 Å². The summed E-state index contributed by atoms with van der Waals surface area (Å²) in [4.78, 5) is 26.2. The summed E-state index contributed by atoms with van der Waals surface area (Å²) < 4.78 is 28.6. The van der Waals surface area contributed by atoms with E-state index in [2.05, 4.69) is 21.2 Å². The number of benzene rings is 3. The largest absolute Gasteiger partial charge is 0.532 e. The Bertz CT molecular complexity index is 1370. The summed E-state index contributed by atoms with van der Waals surface area (Å²) in [6, 6.07) is 18.0. The van der Waals surface area contributed by atoms with Crippen LogP contribution in [0.2, 0.25) is 5.02 Å². The lowest BCUT2D eigenvalue weighted by Gasteiger charge is -2.21. The van der Waals surface area contributed by atoms with Crippen molar-refractivity contribution in [1.29, 1.82) is 0 Å². The molecule has 0 fully saturated rings. The third-order valence-corrected chi connectivity index (χ3v) is 8.48. The van der Waals surface area contributed by atoms with Gasteiger partial charge in [0, 0.05) is 28.0 Å². The molecule has 0 aliphatic carbocycles. The van der Waals surface area contributed by atoms with E-state index in [1.165, 1.54) is 0 Å². The van der Waals surface area contributed by atoms with Crippen LogP contribution in [0.15, 0.2) is 65.1 Å². The van der Waals surface area contributed by atoms with Crippen LogP contribution in [0.5, 0.6) is 0 Å². The molecule has 1 atom stereocenters. The molecule has 0 radical (unpaired) electrons. The molecule has 0 aliphatic heterocycles. The Hall–Kier alpha value is -2.52. The number of halogens is 2. The van der Waals surface area contributed by atoms with Crippen LogP contribution < -0.4 is 5.32 Å². The molecule has 2 N–H and O–H groups in total. The maximum Gasteiger partial charge on any atom is 0.532 e. The minimum Gasteiger partial charge on any atom is -0.396 e. The Morgan fingerprint density at radius 1 is 1.05 bits per heavy atom. The number of nitrogens with one attached hydrogen (secondary N) is 1. The number of hydrogen-bond acceptors (Lipinski definition) is 8. The van der Waals surface area contributed by atoms with Gasteiger partial charge in [-0.25, -0.2) is 4.57 Å². The highest BCUT2D eigenvalue weighted by Gasteiger charge is 2.34. The molecule has 0 aromatic heterocycles. The van der Waals surface area contributed by atoms with Crippen molar-refractivity contribution in [3.63, 3.8) is 0 Å². The second-order valence-electron chi connectivity index (χ2n) is 8.85. The fourth-order valence-corrected chi connectivity index (χ4v) is 6.36. The van der Waals surface area contributed by atoms with Crippen molar-refractivity contribution in [3.8, 4) is 0 Å². The van der Waals surface area contributed by atoms with Gasteiger partial charge in [0.05, 0.1) is 29.7 Å². The molecular weight excluding hydrogens is 621 g/mol. The summed E-state index contributed by atoms with van der Waals surface area (Å²) in [7, 11) is -4.07. The zero-order valence-corrected chi connectivity index (χ0v) is 25.7. The second-order valence-corrected chi connectivity index (χ2v) is 11.7. The average Bonchev–Trinajstić information content (AvgIpc) is 2.89. The van der Waals surface area contributed by atoms with Crippen LogP contribution in [0.25, 0.3) is 0 Å². The number of phosphoric acid groups is 1. The molecular formula is C29H32BrClNO7P. The molecule has 0 heterocycles. The highest BCUT2D eigenvalue weighted by Crippen LogP contribution is 2.50. The summed E-state index contributed by atoms with van der Waals surface area (Å²) in [6.07, 6.45) is 0.262. The van der Waals surface area contributed by atoms with E-state index in [-0.39, 0.29) is 43.5 Å². The minimum atomic E-state index is -4.07. The van der Waals surface area contributed by atoms with Crippen LogP contribution in [-0.4, -0.2) is 36.7 Å². The van der Waals surface area contributed by atoms with Crippen molar-refractivity contribution in [2.24, 2.45) is 5.92 Å². The number of carbonyl (C=O) groups excluding carboxylic acids is 2. The Morgan fingerprint density at radius 2 is 1.70 bits per heavy atom. The predicted molar refractivity (Wildman–Crippen MR) is 159 cm³/mol. The molecule has 0 aliphatic rings. The summed E-state index contributed by atoms with van der Waals surface area (Å²) in [6.45, 7) is 4.89. The van der Waals surface area contributed by atoms with Crippen molar-refractivity contribution in [1.82, 2.24) is 0 Å². The van der Waals surface area contributed by atoms with E-state index in [0.717, 1.165) is 11.1 Å². The SMILES string of the molecule is CCOP(=O)(OCC)OC(=O)C(CCO)Cc1ccccc1Nc1cc(Cl)c(C(=O)c2ccccc2C)c(Br)c1. The second kappa shape index (κ2) is 14.9. The van der Waals surface area contributed by atoms with E-state index in [1.54, 1.807) is 38.1 Å². The molecule has 3 aromatic carbocycles. The first-order valence-corrected chi connectivity index (χ1v) is 15.4. The molecule has 40 heavy (non-hydrogen) atoms. The van der Waals surface area contributed by atoms with Crippen LogP contribution in [0.3, 0.4) is 0 Å². The van der Waals surface area contributed by atoms with Gasteiger partial charge in [-0.15, -0.1) is 0 Å². The third-order valence-electron chi connectivity index (χ3n) is 6.01. The summed E-state index contributed by atoms with van der Waals surface area (Å²) in [5, 5.41) is 13.2. The molecule has 3 rings (SSSR count). The maximum absolute atomic E-state index is 13.2. The number of aliphatic hydroxyl groups is 1. The first-order chi connectivity index (χ1) is 19.1. The van der Waals surface area contributed by atoms with E-state index < -0.39 is 19.7 Å². The van der Waals surface area contributed by atoms with Gasteiger partial charge < -0.3 is 14.9 Å². The molecule has 0 amide bonds. The van der Waals surface area contributed by atoms with Crippen LogP contribution in [0.4, 0.5) is 11.4 Å². The van der Waals surface area contributed by atoms with Crippen molar-refractivity contribution < 1.29 is 32.8 Å². The monoisotopic (exact) mass is 651 g/mol. The van der Waals surface area contributed by atoms with E-state index >= 15 is 0 Å². The fourth-order valence-electron chi connectivity index (χ4n) is 4.12. The van der Waals surface area contributed by atoms with Crippen LogP contribution in [0.1, 0.15) is 47.3 Å². The van der Waals surface area contributed by atoms with Gasteiger partial charge in [-0.05, 0) is 78.9 Å². The molecule has 0 bridgehead atoms. The van der Waals surface area contributed by atoms with Gasteiger partial charge in [0.1, 0.15) is 0 Å². The van der Waals surface area contributed by atoms with Gasteiger partial charge >= 0.3 is 13.8 Å². The van der Waals surface area contributed by atoms with Gasteiger partial charge in [-0.1, -0.05) is 54.1 Å². The zero-order valence-electron chi connectivity index (χ0n) is 22.5. The summed E-state index contributed by atoms with van der Waals surface area (Å²) in [5.41, 5.74) is 3.81. The molecule has 1 unspecified atom stereocenters. The number of para-hydroxylation sites is 1. The smallest absolute Gasteiger partial charge is 0.396 e. The Balaban J connectivity index is 1.85. The summed E-state index contributed by atoms with van der Waals surface area (Å²) in [5.74, 6) is -1.80. The quantitative estimate of drug-likeness (QED) is 0.135. The minimum absolute atomic E-state index is 0.0371. The molecule has 0 saturated heterocycles. The normalized spacial score (nSPS) is 12.2. The fraction of sp³-hybridized carbons (Fsp3) is 0.310. The zero-order chi connectivity index (χ0) is 29.3. The first-order valence-electron chi connectivity index (χ1n) is 12.8. The van der Waals surface area contributed by atoms with Crippen molar-refractivity contribution in [2.45, 2.75) is 33.6 Å². The van der Waals surface area contributed by atoms with Gasteiger partial charge in [0.2, 0.25) is 0 Å². The Morgan fingerprint density at radius 3 is 2.33 bits per heavy atom. The number of aliphatic hydroxyl groups excluding tert-OH is 1. The topological polar surface area (TPSA) is 111 Å². The Kier molecular flexibility index (Phi) is 11.9. The van der Waals surface area contributed by atoms with E-state index in [0.29, 0.717) is 27.0 Å². The van der Waals surface area contributed by atoms with Crippen LogP contribution >= 0.6 is 35.4 Å². The Labute approximate surface area is 247 Å². The van der Waals surface area contributed by atoms with Gasteiger partial charge in [0.15, 0.2) is 5.78 Å². The van der Waals surface area contributed by atoms with E-state index in [9.17, 15) is 19.3 Å². The number of carbonyl (C=O) groups is 2. The molecule has 3 aromatic rings. The number of phosphoric ester groups is 1. The number of ketones is 1. The first kappa shape index (κ1) is 32.0. The predicted octanol–water partition coefficient (Wildman–Crippen LogP) is 7.65.